The van der Waals surface area contributed by atoms with Crippen molar-refractivity contribution in [1.29, 1.82) is 0 Å². The van der Waals surface area contributed by atoms with E-state index in [0.29, 0.717) is 18.8 Å². The number of hydrogen-bond donors (Lipinski definition) is 1. The largest absolute Gasteiger partial charge is 0.454 e. The second-order valence-electron chi connectivity index (χ2n) is 6.71. The van der Waals surface area contributed by atoms with Crippen molar-refractivity contribution >= 4 is 11.6 Å². The van der Waals surface area contributed by atoms with E-state index in [0.717, 1.165) is 31.1 Å². The second kappa shape index (κ2) is 7.84. The lowest BCUT2D eigenvalue weighted by Crippen LogP contribution is -2.49. The standard InChI is InChI=1S/C20H22FN3O3/c21-16-2-1-3-17(11-16)22-12-20(25)24-8-6-23(7-9-24)13-15-4-5-18-19(10-15)27-14-26-18/h1-5,10-11,22H,6-9,12-14H2. The van der Waals surface area contributed by atoms with Gasteiger partial charge < -0.3 is 19.7 Å². The molecule has 1 N–H and O–H groups in total. The van der Waals surface area contributed by atoms with E-state index in [9.17, 15) is 9.18 Å². The first-order valence-corrected chi connectivity index (χ1v) is 9.05. The van der Waals surface area contributed by atoms with Crippen molar-refractivity contribution in [3.8, 4) is 11.5 Å². The van der Waals surface area contributed by atoms with Gasteiger partial charge in [-0.15, -0.1) is 0 Å². The molecule has 1 fully saturated rings. The zero-order valence-electron chi connectivity index (χ0n) is 15.0. The van der Waals surface area contributed by atoms with E-state index in [2.05, 4.69) is 10.2 Å². The van der Waals surface area contributed by atoms with E-state index in [-0.39, 0.29) is 25.1 Å². The maximum absolute atomic E-state index is 13.2. The maximum atomic E-state index is 13.2. The Kier molecular flexibility index (Phi) is 5.11. The highest BCUT2D eigenvalue weighted by atomic mass is 19.1. The van der Waals surface area contributed by atoms with Crippen molar-refractivity contribution in [3.63, 3.8) is 0 Å². The SMILES string of the molecule is O=C(CNc1cccc(F)c1)N1CCN(Cc2ccc3c(c2)OCO3)CC1. The fraction of sp³-hybridized carbons (Fsp3) is 0.350. The number of carbonyl (C=O) groups is 1. The Morgan fingerprint density at radius 2 is 1.85 bits per heavy atom. The van der Waals surface area contributed by atoms with Crippen LogP contribution in [0.4, 0.5) is 10.1 Å². The molecule has 0 atom stereocenters. The fourth-order valence-electron chi connectivity index (χ4n) is 3.34. The number of rotatable bonds is 5. The van der Waals surface area contributed by atoms with Crippen LogP contribution in [0, 0.1) is 5.82 Å². The molecule has 142 valence electrons. The van der Waals surface area contributed by atoms with Crippen LogP contribution in [0.25, 0.3) is 0 Å². The number of amides is 1. The lowest BCUT2D eigenvalue weighted by atomic mass is 10.1. The van der Waals surface area contributed by atoms with Crippen LogP contribution in [0.2, 0.25) is 0 Å². The van der Waals surface area contributed by atoms with Gasteiger partial charge in [0.1, 0.15) is 5.82 Å². The summed E-state index contributed by atoms with van der Waals surface area (Å²) in [5, 5.41) is 2.99. The van der Waals surface area contributed by atoms with Gasteiger partial charge in [-0.05, 0) is 35.9 Å². The van der Waals surface area contributed by atoms with Gasteiger partial charge in [0.2, 0.25) is 12.7 Å². The Balaban J connectivity index is 1.24. The van der Waals surface area contributed by atoms with Gasteiger partial charge in [-0.2, -0.15) is 0 Å². The Bertz CT molecular complexity index is 822. The quantitative estimate of drug-likeness (QED) is 0.874. The number of halogens is 1. The molecule has 27 heavy (non-hydrogen) atoms. The molecule has 0 bridgehead atoms. The minimum Gasteiger partial charge on any atom is -0.454 e. The average molecular weight is 371 g/mol. The normalized spacial score (nSPS) is 16.4. The number of anilines is 1. The number of fused-ring (bicyclic) bond motifs is 1. The average Bonchev–Trinajstić information content (AvgIpc) is 3.15. The fourth-order valence-corrected chi connectivity index (χ4v) is 3.34. The maximum Gasteiger partial charge on any atom is 0.241 e. The van der Waals surface area contributed by atoms with E-state index < -0.39 is 0 Å². The van der Waals surface area contributed by atoms with Crippen LogP contribution in [0.3, 0.4) is 0 Å². The van der Waals surface area contributed by atoms with E-state index in [1.807, 2.05) is 23.1 Å². The molecule has 0 aliphatic carbocycles. The van der Waals surface area contributed by atoms with E-state index in [4.69, 9.17) is 9.47 Å². The molecule has 4 rings (SSSR count). The van der Waals surface area contributed by atoms with Crippen LogP contribution in [0.15, 0.2) is 42.5 Å². The lowest BCUT2D eigenvalue weighted by molar-refractivity contribution is -0.131. The number of nitrogens with zero attached hydrogens (tertiary/aromatic N) is 2. The first kappa shape index (κ1) is 17.6. The van der Waals surface area contributed by atoms with E-state index in [1.165, 1.54) is 17.7 Å². The van der Waals surface area contributed by atoms with Crippen LogP contribution < -0.4 is 14.8 Å². The van der Waals surface area contributed by atoms with Gasteiger partial charge in [-0.3, -0.25) is 9.69 Å². The van der Waals surface area contributed by atoms with Gasteiger partial charge in [0.15, 0.2) is 11.5 Å². The molecule has 7 heteroatoms. The van der Waals surface area contributed by atoms with Gasteiger partial charge in [0.25, 0.3) is 0 Å². The predicted molar refractivity (Wildman–Crippen MR) is 99.3 cm³/mol. The smallest absolute Gasteiger partial charge is 0.241 e. The van der Waals surface area contributed by atoms with Crippen LogP contribution in [-0.2, 0) is 11.3 Å². The molecular formula is C20H22FN3O3. The number of carbonyl (C=O) groups excluding carboxylic acids is 1. The van der Waals surface area contributed by atoms with Crippen molar-refractivity contribution in [2.75, 3.05) is 44.8 Å². The molecule has 2 heterocycles. The van der Waals surface area contributed by atoms with Gasteiger partial charge in [0.05, 0.1) is 6.54 Å². The number of ether oxygens (including phenoxy) is 2. The lowest BCUT2D eigenvalue weighted by Gasteiger charge is -2.34. The van der Waals surface area contributed by atoms with Crippen molar-refractivity contribution in [1.82, 2.24) is 9.80 Å². The molecule has 0 unspecified atom stereocenters. The summed E-state index contributed by atoms with van der Waals surface area (Å²) in [4.78, 5) is 16.5. The van der Waals surface area contributed by atoms with Gasteiger partial charge in [-0.1, -0.05) is 12.1 Å². The van der Waals surface area contributed by atoms with Gasteiger partial charge >= 0.3 is 0 Å². The Morgan fingerprint density at radius 3 is 2.67 bits per heavy atom. The van der Waals surface area contributed by atoms with Crippen LogP contribution in [0.5, 0.6) is 11.5 Å². The molecule has 0 aromatic heterocycles. The monoisotopic (exact) mass is 371 g/mol. The Morgan fingerprint density at radius 1 is 1.04 bits per heavy atom. The molecule has 2 aliphatic rings. The Labute approximate surface area is 157 Å². The summed E-state index contributed by atoms with van der Waals surface area (Å²) in [6.07, 6.45) is 0. The molecule has 0 radical (unpaired) electrons. The minimum absolute atomic E-state index is 0.0296. The molecule has 2 aromatic rings. The summed E-state index contributed by atoms with van der Waals surface area (Å²) in [5.41, 5.74) is 1.79. The second-order valence-corrected chi connectivity index (χ2v) is 6.71. The molecule has 6 nitrogen and oxygen atoms in total. The highest BCUT2D eigenvalue weighted by Gasteiger charge is 2.21. The minimum atomic E-state index is -0.315. The van der Waals surface area contributed by atoms with Crippen LogP contribution >= 0.6 is 0 Å². The summed E-state index contributed by atoms with van der Waals surface area (Å²) in [6.45, 7) is 4.29. The summed E-state index contributed by atoms with van der Waals surface area (Å²) < 4.78 is 23.9. The predicted octanol–water partition coefficient (Wildman–Crippen LogP) is 2.31. The third kappa shape index (κ3) is 4.31. The zero-order chi connectivity index (χ0) is 18.6. The molecular weight excluding hydrogens is 349 g/mol. The van der Waals surface area contributed by atoms with Gasteiger partial charge in [-0.25, -0.2) is 4.39 Å². The zero-order valence-corrected chi connectivity index (χ0v) is 15.0. The van der Waals surface area contributed by atoms with Crippen molar-refractivity contribution in [2.24, 2.45) is 0 Å². The summed E-state index contributed by atoms with van der Waals surface area (Å²) in [5.74, 6) is 1.30. The summed E-state index contributed by atoms with van der Waals surface area (Å²) in [6, 6.07) is 12.1. The van der Waals surface area contributed by atoms with Gasteiger partial charge in [0, 0.05) is 38.4 Å². The number of hydrogen-bond acceptors (Lipinski definition) is 5. The van der Waals surface area contributed by atoms with Crippen LogP contribution in [0.1, 0.15) is 5.56 Å². The number of piperazine rings is 1. The summed E-state index contributed by atoms with van der Waals surface area (Å²) >= 11 is 0. The first-order valence-electron chi connectivity index (χ1n) is 9.05. The van der Waals surface area contributed by atoms with E-state index >= 15 is 0 Å². The molecule has 0 saturated carbocycles. The van der Waals surface area contributed by atoms with Crippen molar-refractivity contribution < 1.29 is 18.7 Å². The highest BCUT2D eigenvalue weighted by Crippen LogP contribution is 2.32. The molecule has 2 aromatic carbocycles. The third-order valence-corrected chi connectivity index (χ3v) is 4.84. The van der Waals surface area contributed by atoms with Crippen molar-refractivity contribution in [3.05, 3.63) is 53.8 Å². The molecule has 1 amide bonds. The number of benzene rings is 2. The topological polar surface area (TPSA) is 54.0 Å². The third-order valence-electron chi connectivity index (χ3n) is 4.84. The highest BCUT2D eigenvalue weighted by molar-refractivity contribution is 5.81. The van der Waals surface area contributed by atoms with Crippen molar-refractivity contribution in [2.45, 2.75) is 6.54 Å². The molecule has 2 aliphatic heterocycles. The van der Waals surface area contributed by atoms with Crippen LogP contribution in [-0.4, -0.2) is 55.2 Å². The molecule has 0 spiro atoms. The molecule has 1 saturated heterocycles. The Hall–Kier alpha value is -2.80. The summed E-state index contributed by atoms with van der Waals surface area (Å²) in [7, 11) is 0. The first-order chi connectivity index (χ1) is 13.2. The van der Waals surface area contributed by atoms with E-state index in [1.54, 1.807) is 12.1 Å². The number of nitrogens with one attached hydrogen (secondary N) is 1.